The first kappa shape index (κ1) is 22.2. The van der Waals surface area contributed by atoms with E-state index in [1.165, 1.54) is 0 Å². The smallest absolute Gasteiger partial charge is 0.274 e. The van der Waals surface area contributed by atoms with Crippen LogP contribution in [-0.4, -0.2) is 43.4 Å². The van der Waals surface area contributed by atoms with Gasteiger partial charge in [-0.05, 0) is 48.9 Å². The van der Waals surface area contributed by atoms with Gasteiger partial charge in [0.05, 0.1) is 6.20 Å². The fourth-order valence-electron chi connectivity index (χ4n) is 3.75. The van der Waals surface area contributed by atoms with Gasteiger partial charge in [-0.1, -0.05) is 11.2 Å². The minimum absolute atomic E-state index is 0.0975. The normalized spacial score (nSPS) is 13.2. The van der Waals surface area contributed by atoms with Crippen molar-refractivity contribution < 1.29 is 18.8 Å². The van der Waals surface area contributed by atoms with Gasteiger partial charge in [-0.3, -0.25) is 14.6 Å². The topological polar surface area (TPSA) is 123 Å². The highest BCUT2D eigenvalue weighted by Crippen LogP contribution is 2.30. The largest absolute Gasteiger partial charge is 0.455 e. The van der Waals surface area contributed by atoms with E-state index >= 15 is 0 Å². The Morgan fingerprint density at radius 2 is 2.09 bits per heavy atom. The van der Waals surface area contributed by atoms with Crippen LogP contribution in [0.5, 0.6) is 11.5 Å². The molecule has 0 unspecified atom stereocenters. The molecular weight excluding hydrogens is 448 g/mol. The molecule has 0 saturated carbocycles. The van der Waals surface area contributed by atoms with Gasteiger partial charge in [0.25, 0.3) is 5.91 Å². The Kier molecular flexibility index (Phi) is 6.16. The van der Waals surface area contributed by atoms with Gasteiger partial charge in [-0.2, -0.15) is 4.98 Å². The van der Waals surface area contributed by atoms with E-state index in [2.05, 4.69) is 25.4 Å². The van der Waals surface area contributed by atoms with Crippen molar-refractivity contribution in [1.82, 2.24) is 25.0 Å². The molecule has 1 N–H and O–H groups in total. The van der Waals surface area contributed by atoms with Crippen molar-refractivity contribution in [3.8, 4) is 23.0 Å². The van der Waals surface area contributed by atoms with E-state index in [1.807, 2.05) is 6.07 Å². The van der Waals surface area contributed by atoms with Crippen LogP contribution in [0.4, 0.5) is 5.69 Å². The summed E-state index contributed by atoms with van der Waals surface area (Å²) >= 11 is 0. The lowest BCUT2D eigenvalue weighted by Gasteiger charge is -2.19. The summed E-state index contributed by atoms with van der Waals surface area (Å²) in [5, 5.41) is 6.73. The van der Waals surface area contributed by atoms with Crippen LogP contribution < -0.4 is 10.1 Å². The third kappa shape index (κ3) is 5.16. The van der Waals surface area contributed by atoms with Crippen LogP contribution in [0, 0.1) is 6.92 Å². The van der Waals surface area contributed by atoms with E-state index in [4.69, 9.17) is 9.26 Å². The molecule has 0 spiro atoms. The number of nitrogens with zero attached hydrogens (tertiary/aromatic N) is 5. The van der Waals surface area contributed by atoms with Gasteiger partial charge in [0.15, 0.2) is 0 Å². The number of hydrogen-bond donors (Lipinski definition) is 1. The standard InChI is InChI=1S/C25H22N6O4/c1-16-28-24(30-35-16)20-9-8-19(14-27-20)34-22-10-7-18(29-25(33)21-5-2-3-11-26-21)13-17(22)15-31-12-4-6-23(31)32/h2-3,5,7-11,13-14H,4,6,12,15H2,1H3,(H,29,33). The first-order valence-electron chi connectivity index (χ1n) is 11.1. The molecule has 176 valence electrons. The number of nitrogens with one attached hydrogen (secondary N) is 1. The van der Waals surface area contributed by atoms with E-state index in [0.717, 1.165) is 12.0 Å². The molecule has 4 heterocycles. The second-order valence-corrected chi connectivity index (χ2v) is 8.03. The third-order valence-corrected chi connectivity index (χ3v) is 5.47. The summed E-state index contributed by atoms with van der Waals surface area (Å²) in [6.07, 6.45) is 4.50. The Labute approximate surface area is 201 Å². The van der Waals surface area contributed by atoms with Gasteiger partial charge in [0, 0.05) is 43.9 Å². The van der Waals surface area contributed by atoms with Gasteiger partial charge in [-0.25, -0.2) is 4.98 Å². The number of carbonyl (C=O) groups excluding carboxylic acids is 2. The fraction of sp³-hybridized carbons (Fsp3) is 0.200. The summed E-state index contributed by atoms with van der Waals surface area (Å²) in [5.41, 5.74) is 2.21. The van der Waals surface area contributed by atoms with Crippen LogP contribution in [0.25, 0.3) is 11.5 Å². The number of aromatic nitrogens is 4. The number of pyridine rings is 2. The minimum atomic E-state index is -0.320. The monoisotopic (exact) mass is 470 g/mol. The van der Waals surface area contributed by atoms with E-state index < -0.39 is 0 Å². The Morgan fingerprint density at radius 1 is 1.17 bits per heavy atom. The van der Waals surface area contributed by atoms with Crippen molar-refractivity contribution in [2.75, 3.05) is 11.9 Å². The minimum Gasteiger partial charge on any atom is -0.455 e. The third-order valence-electron chi connectivity index (χ3n) is 5.47. The average Bonchev–Trinajstić information content (AvgIpc) is 3.49. The number of hydrogen-bond acceptors (Lipinski definition) is 8. The number of ether oxygens (including phenoxy) is 1. The van der Waals surface area contributed by atoms with E-state index in [1.54, 1.807) is 66.7 Å². The molecule has 0 bridgehead atoms. The molecule has 5 rings (SSSR count). The van der Waals surface area contributed by atoms with Crippen LogP contribution in [0.1, 0.15) is 34.8 Å². The Bertz CT molecular complexity index is 1350. The molecule has 1 saturated heterocycles. The van der Waals surface area contributed by atoms with E-state index in [-0.39, 0.29) is 11.8 Å². The number of benzene rings is 1. The van der Waals surface area contributed by atoms with E-state index in [9.17, 15) is 9.59 Å². The molecule has 3 aromatic heterocycles. The second-order valence-electron chi connectivity index (χ2n) is 8.03. The zero-order valence-electron chi connectivity index (χ0n) is 19.0. The molecule has 4 aromatic rings. The molecule has 1 aromatic carbocycles. The molecule has 0 aliphatic carbocycles. The number of carbonyl (C=O) groups is 2. The van der Waals surface area contributed by atoms with Crippen LogP contribution in [-0.2, 0) is 11.3 Å². The quantitative estimate of drug-likeness (QED) is 0.430. The van der Waals surface area contributed by atoms with Crippen molar-refractivity contribution in [1.29, 1.82) is 0 Å². The van der Waals surface area contributed by atoms with Gasteiger partial charge in [0.2, 0.25) is 17.6 Å². The fourth-order valence-corrected chi connectivity index (χ4v) is 3.75. The highest BCUT2D eigenvalue weighted by atomic mass is 16.5. The number of anilines is 1. The van der Waals surface area contributed by atoms with Gasteiger partial charge >= 0.3 is 0 Å². The maximum atomic E-state index is 12.6. The van der Waals surface area contributed by atoms with Crippen molar-refractivity contribution in [3.63, 3.8) is 0 Å². The molecular formula is C25H22N6O4. The van der Waals surface area contributed by atoms with Gasteiger partial charge in [0.1, 0.15) is 22.9 Å². The van der Waals surface area contributed by atoms with Crippen LogP contribution in [0.3, 0.4) is 0 Å². The predicted molar refractivity (Wildman–Crippen MR) is 126 cm³/mol. The summed E-state index contributed by atoms with van der Waals surface area (Å²) in [6, 6.07) is 14.0. The van der Waals surface area contributed by atoms with Crippen LogP contribution >= 0.6 is 0 Å². The maximum absolute atomic E-state index is 12.6. The molecule has 1 aliphatic heterocycles. The number of rotatable bonds is 7. The number of likely N-dealkylation sites (tertiary alicyclic amines) is 1. The summed E-state index contributed by atoms with van der Waals surface area (Å²) in [4.78, 5) is 39.2. The zero-order valence-corrected chi connectivity index (χ0v) is 19.0. The summed E-state index contributed by atoms with van der Waals surface area (Å²) in [7, 11) is 0. The lowest BCUT2D eigenvalue weighted by molar-refractivity contribution is -0.128. The second kappa shape index (κ2) is 9.72. The molecule has 35 heavy (non-hydrogen) atoms. The molecule has 10 heteroatoms. The summed E-state index contributed by atoms with van der Waals surface area (Å²) in [5.74, 6) is 1.70. The van der Waals surface area contributed by atoms with Crippen molar-refractivity contribution in [2.24, 2.45) is 0 Å². The highest BCUT2D eigenvalue weighted by molar-refractivity contribution is 6.02. The molecule has 0 atom stereocenters. The van der Waals surface area contributed by atoms with Crippen LogP contribution in [0.2, 0.25) is 0 Å². The van der Waals surface area contributed by atoms with Crippen LogP contribution in [0.15, 0.2) is 65.4 Å². The molecule has 1 aliphatic rings. The molecule has 10 nitrogen and oxygen atoms in total. The first-order chi connectivity index (χ1) is 17.0. The molecule has 2 amide bonds. The highest BCUT2D eigenvalue weighted by Gasteiger charge is 2.22. The SMILES string of the molecule is Cc1nc(-c2ccc(Oc3ccc(NC(=O)c4ccccn4)cc3CN3CCCC3=O)cn2)no1. The zero-order chi connectivity index (χ0) is 24.2. The lowest BCUT2D eigenvalue weighted by Crippen LogP contribution is -2.24. The maximum Gasteiger partial charge on any atom is 0.274 e. The molecule has 0 radical (unpaired) electrons. The lowest BCUT2D eigenvalue weighted by atomic mass is 10.1. The molecule has 1 fully saturated rings. The first-order valence-corrected chi connectivity index (χ1v) is 11.1. The summed E-state index contributed by atoms with van der Waals surface area (Å²) in [6.45, 7) is 2.77. The van der Waals surface area contributed by atoms with Crippen molar-refractivity contribution >= 4 is 17.5 Å². The Hall–Kier alpha value is -4.60. The van der Waals surface area contributed by atoms with Gasteiger partial charge in [-0.15, -0.1) is 0 Å². The average molecular weight is 470 g/mol. The Morgan fingerprint density at radius 3 is 2.77 bits per heavy atom. The number of aryl methyl sites for hydroxylation is 1. The van der Waals surface area contributed by atoms with E-state index in [0.29, 0.717) is 59.8 Å². The van der Waals surface area contributed by atoms with Crippen molar-refractivity contribution in [3.05, 3.63) is 78.1 Å². The Balaban J connectivity index is 1.38. The number of amides is 2. The van der Waals surface area contributed by atoms with Gasteiger partial charge < -0.3 is 19.5 Å². The van der Waals surface area contributed by atoms with Crippen molar-refractivity contribution in [2.45, 2.75) is 26.3 Å². The predicted octanol–water partition coefficient (Wildman–Crippen LogP) is 4.00. The summed E-state index contributed by atoms with van der Waals surface area (Å²) < 4.78 is 11.1.